The molecule has 2 aromatic carbocycles. The summed E-state index contributed by atoms with van der Waals surface area (Å²) < 4.78 is 13.7. The number of hydrogen-bond donors (Lipinski definition) is 2. The second-order valence-electron chi connectivity index (χ2n) is 3.82. The predicted molar refractivity (Wildman–Crippen MR) is 74.7 cm³/mol. The van der Waals surface area contributed by atoms with Gasteiger partial charge >= 0.3 is 0 Å². The molecule has 0 aliphatic heterocycles. The van der Waals surface area contributed by atoms with E-state index in [1.54, 1.807) is 18.2 Å². The molecular weight excluding hydrogens is 319 g/mol. The maximum Gasteiger partial charge on any atom is 0.123 e. The third-order valence-electron chi connectivity index (χ3n) is 2.65. The smallest absolute Gasteiger partial charge is 0.123 e. The lowest BCUT2D eigenvalue weighted by Gasteiger charge is -2.17. The van der Waals surface area contributed by atoms with Crippen LogP contribution in [0.1, 0.15) is 17.2 Å². The second kappa shape index (κ2) is 5.80. The van der Waals surface area contributed by atoms with Crippen molar-refractivity contribution < 1.29 is 4.39 Å². The zero-order valence-corrected chi connectivity index (χ0v) is 11.7. The monoisotopic (exact) mass is 328 g/mol. The number of nitrogens with two attached hydrogens (primary N) is 1. The van der Waals surface area contributed by atoms with Gasteiger partial charge in [-0.2, -0.15) is 0 Å². The van der Waals surface area contributed by atoms with Crippen LogP contribution in [0.25, 0.3) is 0 Å². The van der Waals surface area contributed by atoms with Gasteiger partial charge in [0.25, 0.3) is 0 Å². The summed E-state index contributed by atoms with van der Waals surface area (Å²) in [4.78, 5) is 0. The molecular formula is C13H11BrClFN2. The van der Waals surface area contributed by atoms with Crippen molar-refractivity contribution >= 4 is 27.5 Å². The molecule has 18 heavy (non-hydrogen) atoms. The Morgan fingerprint density at radius 1 is 1.11 bits per heavy atom. The van der Waals surface area contributed by atoms with Gasteiger partial charge in [0.15, 0.2) is 0 Å². The molecule has 0 saturated carbocycles. The molecule has 0 aromatic heterocycles. The summed E-state index contributed by atoms with van der Waals surface area (Å²) in [6.45, 7) is 0. The molecule has 2 nitrogen and oxygen atoms in total. The van der Waals surface area contributed by atoms with Gasteiger partial charge in [0.2, 0.25) is 0 Å². The molecule has 0 bridgehead atoms. The zero-order valence-electron chi connectivity index (χ0n) is 9.33. The summed E-state index contributed by atoms with van der Waals surface area (Å²) >= 11 is 9.31. The van der Waals surface area contributed by atoms with Crippen molar-refractivity contribution in [3.05, 3.63) is 68.9 Å². The lowest BCUT2D eigenvalue weighted by molar-refractivity contribution is 0.615. The number of halogens is 3. The Morgan fingerprint density at radius 2 is 1.72 bits per heavy atom. The van der Waals surface area contributed by atoms with Gasteiger partial charge in [0, 0.05) is 4.47 Å². The molecule has 0 saturated heterocycles. The average Bonchev–Trinajstić information content (AvgIpc) is 2.37. The van der Waals surface area contributed by atoms with Gasteiger partial charge in [-0.15, -0.1) is 0 Å². The topological polar surface area (TPSA) is 38.0 Å². The highest BCUT2D eigenvalue weighted by Gasteiger charge is 2.13. The fourth-order valence-corrected chi connectivity index (χ4v) is 2.25. The van der Waals surface area contributed by atoms with Gasteiger partial charge in [-0.3, -0.25) is 5.84 Å². The Labute approximate surface area is 118 Å². The highest BCUT2D eigenvalue weighted by Crippen LogP contribution is 2.28. The normalized spacial score (nSPS) is 12.4. The van der Waals surface area contributed by atoms with Gasteiger partial charge in [-0.1, -0.05) is 29.8 Å². The van der Waals surface area contributed by atoms with E-state index >= 15 is 0 Å². The molecule has 5 heteroatoms. The minimum Gasteiger partial charge on any atom is -0.271 e. The zero-order chi connectivity index (χ0) is 13.1. The summed E-state index contributed by atoms with van der Waals surface area (Å²) in [5.41, 5.74) is 4.54. The largest absolute Gasteiger partial charge is 0.271 e. The van der Waals surface area contributed by atoms with E-state index in [9.17, 15) is 4.39 Å². The molecule has 2 rings (SSSR count). The fourth-order valence-electron chi connectivity index (χ4n) is 1.73. The Bertz CT molecular complexity index is 545. The molecule has 0 heterocycles. The molecule has 0 amide bonds. The van der Waals surface area contributed by atoms with Crippen LogP contribution in [0, 0.1) is 5.82 Å². The van der Waals surface area contributed by atoms with E-state index in [1.807, 2.05) is 12.1 Å². The van der Waals surface area contributed by atoms with Crippen molar-refractivity contribution in [3.8, 4) is 0 Å². The predicted octanol–water partition coefficient (Wildman–Crippen LogP) is 3.79. The van der Waals surface area contributed by atoms with Crippen LogP contribution in [0.2, 0.25) is 5.02 Å². The van der Waals surface area contributed by atoms with Crippen LogP contribution in [-0.4, -0.2) is 0 Å². The minimum atomic E-state index is -0.271. The maximum atomic E-state index is 12.9. The van der Waals surface area contributed by atoms with Crippen LogP contribution < -0.4 is 11.3 Å². The van der Waals surface area contributed by atoms with Crippen molar-refractivity contribution in [2.75, 3.05) is 0 Å². The Kier molecular flexibility index (Phi) is 4.35. The number of hydrogen-bond acceptors (Lipinski definition) is 2. The van der Waals surface area contributed by atoms with Crippen molar-refractivity contribution in [2.45, 2.75) is 6.04 Å². The molecule has 0 fully saturated rings. The van der Waals surface area contributed by atoms with Crippen molar-refractivity contribution in [3.63, 3.8) is 0 Å². The number of rotatable bonds is 3. The third kappa shape index (κ3) is 2.90. The van der Waals surface area contributed by atoms with Crippen LogP contribution in [0.5, 0.6) is 0 Å². The number of nitrogens with one attached hydrogen (secondary N) is 1. The summed E-state index contributed by atoms with van der Waals surface area (Å²) in [6, 6.07) is 11.5. The Balaban J connectivity index is 2.38. The van der Waals surface area contributed by atoms with Gasteiger partial charge < -0.3 is 0 Å². The van der Waals surface area contributed by atoms with E-state index in [0.29, 0.717) is 5.02 Å². The van der Waals surface area contributed by atoms with E-state index < -0.39 is 0 Å². The minimum absolute atomic E-state index is 0.209. The molecule has 3 N–H and O–H groups in total. The third-order valence-corrected chi connectivity index (χ3v) is 3.86. The maximum absolute atomic E-state index is 12.9. The highest BCUT2D eigenvalue weighted by molar-refractivity contribution is 9.10. The van der Waals surface area contributed by atoms with Crippen molar-refractivity contribution in [1.29, 1.82) is 0 Å². The first-order chi connectivity index (χ1) is 8.61. The lowest BCUT2D eigenvalue weighted by Crippen LogP contribution is -2.28. The quantitative estimate of drug-likeness (QED) is 0.664. The molecule has 2 aromatic rings. The fraction of sp³-hybridized carbons (Fsp3) is 0.0769. The van der Waals surface area contributed by atoms with E-state index in [2.05, 4.69) is 21.4 Å². The van der Waals surface area contributed by atoms with Gasteiger partial charge in [0.05, 0.1) is 11.1 Å². The van der Waals surface area contributed by atoms with Crippen molar-refractivity contribution in [1.82, 2.24) is 5.43 Å². The lowest BCUT2D eigenvalue weighted by atomic mass is 9.99. The summed E-state index contributed by atoms with van der Waals surface area (Å²) in [6.07, 6.45) is 0. The number of hydrazine groups is 1. The van der Waals surface area contributed by atoms with Crippen LogP contribution in [0.3, 0.4) is 0 Å². The van der Waals surface area contributed by atoms with Crippen LogP contribution in [0.15, 0.2) is 46.9 Å². The SMILES string of the molecule is NNC(c1ccc(F)cc1)c1ccc(Cl)c(Br)c1. The summed E-state index contributed by atoms with van der Waals surface area (Å²) in [5.74, 6) is 5.30. The molecule has 0 aliphatic rings. The molecule has 1 unspecified atom stereocenters. The molecule has 94 valence electrons. The van der Waals surface area contributed by atoms with E-state index in [1.165, 1.54) is 12.1 Å². The standard InChI is InChI=1S/C13H11BrClFN2/c14-11-7-9(3-6-12(11)15)13(18-17)8-1-4-10(16)5-2-8/h1-7,13,18H,17H2. The van der Waals surface area contributed by atoms with Gasteiger partial charge in [0.1, 0.15) is 5.82 Å². The Hall–Kier alpha value is -0.940. The first-order valence-electron chi connectivity index (χ1n) is 5.28. The molecule has 0 aliphatic carbocycles. The van der Waals surface area contributed by atoms with Crippen LogP contribution in [-0.2, 0) is 0 Å². The highest BCUT2D eigenvalue weighted by atomic mass is 79.9. The second-order valence-corrected chi connectivity index (χ2v) is 5.09. The first-order valence-corrected chi connectivity index (χ1v) is 6.45. The van der Waals surface area contributed by atoms with E-state index in [4.69, 9.17) is 17.4 Å². The van der Waals surface area contributed by atoms with Crippen LogP contribution in [0.4, 0.5) is 4.39 Å². The first kappa shape index (κ1) is 13.5. The Morgan fingerprint density at radius 3 is 2.28 bits per heavy atom. The molecule has 0 spiro atoms. The van der Waals surface area contributed by atoms with Crippen molar-refractivity contribution in [2.24, 2.45) is 5.84 Å². The van der Waals surface area contributed by atoms with E-state index in [-0.39, 0.29) is 11.9 Å². The van der Waals surface area contributed by atoms with E-state index in [0.717, 1.165) is 15.6 Å². The van der Waals surface area contributed by atoms with Crippen LogP contribution >= 0.6 is 27.5 Å². The molecule has 0 radical (unpaired) electrons. The number of benzene rings is 2. The molecule has 1 atom stereocenters. The van der Waals surface area contributed by atoms with Gasteiger partial charge in [-0.25, -0.2) is 9.82 Å². The average molecular weight is 330 g/mol. The van der Waals surface area contributed by atoms with Gasteiger partial charge in [-0.05, 0) is 51.3 Å². The summed E-state index contributed by atoms with van der Waals surface area (Å²) in [7, 11) is 0. The summed E-state index contributed by atoms with van der Waals surface area (Å²) in [5, 5.41) is 0.633.